The number of hydrogen-bond acceptors (Lipinski definition) is 3. The van der Waals surface area contributed by atoms with Crippen molar-refractivity contribution in [3.8, 4) is 5.75 Å². The fourth-order valence-electron chi connectivity index (χ4n) is 3.42. The van der Waals surface area contributed by atoms with Crippen molar-refractivity contribution in [3.63, 3.8) is 0 Å². The van der Waals surface area contributed by atoms with Crippen molar-refractivity contribution in [2.45, 2.75) is 44.4 Å². The molecule has 5 heteroatoms. The molecule has 0 saturated carbocycles. The zero-order valence-electron chi connectivity index (χ0n) is 15.1. The van der Waals surface area contributed by atoms with Crippen LogP contribution < -0.4 is 4.74 Å². The molecular formula is C20H27NO3S. The number of unbranched alkanes of at least 4 members (excludes halogenated alkanes) is 1. The molecule has 25 heavy (non-hydrogen) atoms. The predicted molar refractivity (Wildman–Crippen MR) is 102 cm³/mol. The van der Waals surface area contributed by atoms with Crippen LogP contribution >= 0.6 is 0 Å². The molecule has 1 atom stereocenters. The van der Waals surface area contributed by atoms with E-state index in [1.807, 2.05) is 24.3 Å². The van der Waals surface area contributed by atoms with Crippen molar-refractivity contribution >= 4 is 20.8 Å². The Labute approximate surface area is 150 Å². The first kappa shape index (κ1) is 18.2. The molecule has 136 valence electrons. The molecule has 4 nitrogen and oxygen atoms in total. The van der Waals surface area contributed by atoms with Gasteiger partial charge in [-0.1, -0.05) is 44.5 Å². The highest BCUT2D eigenvalue weighted by atomic mass is 32.2. The van der Waals surface area contributed by atoms with Crippen LogP contribution in [0.3, 0.4) is 0 Å². The topological polar surface area (TPSA) is 46.6 Å². The van der Waals surface area contributed by atoms with Crippen molar-refractivity contribution in [1.29, 1.82) is 0 Å². The van der Waals surface area contributed by atoms with Gasteiger partial charge in [-0.3, -0.25) is 0 Å². The van der Waals surface area contributed by atoms with Gasteiger partial charge in [-0.25, -0.2) is 8.42 Å². The van der Waals surface area contributed by atoms with E-state index in [2.05, 4.69) is 13.8 Å². The van der Waals surface area contributed by atoms with Gasteiger partial charge < -0.3 is 4.74 Å². The van der Waals surface area contributed by atoms with Gasteiger partial charge in [0.05, 0.1) is 11.5 Å². The van der Waals surface area contributed by atoms with E-state index in [9.17, 15) is 8.42 Å². The molecule has 1 aliphatic heterocycles. The normalized spacial score (nSPS) is 19.2. The minimum absolute atomic E-state index is 0.389. The van der Waals surface area contributed by atoms with Crippen molar-refractivity contribution in [2.24, 2.45) is 5.92 Å². The molecule has 1 aliphatic rings. The Morgan fingerprint density at radius 1 is 1.16 bits per heavy atom. The first-order chi connectivity index (χ1) is 12.0. The van der Waals surface area contributed by atoms with Gasteiger partial charge in [0.1, 0.15) is 5.75 Å². The maximum Gasteiger partial charge on any atom is 0.243 e. The largest absolute Gasteiger partial charge is 0.493 e. The number of fused-ring (bicyclic) bond motifs is 1. The number of nitrogens with zero attached hydrogens (tertiary/aromatic N) is 1. The second kappa shape index (κ2) is 7.75. The molecule has 0 spiro atoms. The molecule has 0 aliphatic carbocycles. The van der Waals surface area contributed by atoms with Crippen molar-refractivity contribution in [3.05, 3.63) is 36.4 Å². The van der Waals surface area contributed by atoms with Crippen LogP contribution in [0.4, 0.5) is 0 Å². The maximum absolute atomic E-state index is 13.2. The Balaban J connectivity index is 2.01. The Bertz CT molecular complexity index is 832. The lowest BCUT2D eigenvalue weighted by molar-refractivity contribution is 0.281. The molecule has 0 amide bonds. The molecule has 0 unspecified atom stereocenters. The van der Waals surface area contributed by atoms with Crippen molar-refractivity contribution in [2.75, 3.05) is 19.7 Å². The van der Waals surface area contributed by atoms with Crippen LogP contribution in [-0.2, 0) is 10.0 Å². The fourth-order valence-corrected chi connectivity index (χ4v) is 5.22. The quantitative estimate of drug-likeness (QED) is 0.715. The SMILES string of the molecule is CCCCOc1ccc(S(=O)(=O)N2CCC[C@H](C)C2)c2ccccc12. The molecule has 0 aromatic heterocycles. The van der Waals surface area contributed by atoms with Crippen LogP contribution in [0.25, 0.3) is 10.8 Å². The molecule has 1 heterocycles. The van der Waals surface area contributed by atoms with Gasteiger partial charge in [-0.2, -0.15) is 4.31 Å². The fraction of sp³-hybridized carbons (Fsp3) is 0.500. The molecule has 1 saturated heterocycles. The summed E-state index contributed by atoms with van der Waals surface area (Å²) in [6.45, 7) is 6.10. The third kappa shape index (κ3) is 3.82. The zero-order valence-corrected chi connectivity index (χ0v) is 15.9. The van der Waals surface area contributed by atoms with Crippen LogP contribution in [0.5, 0.6) is 5.75 Å². The first-order valence-corrected chi connectivity index (χ1v) is 10.6. The third-order valence-corrected chi connectivity index (χ3v) is 6.76. The third-order valence-electron chi connectivity index (χ3n) is 4.84. The van der Waals surface area contributed by atoms with E-state index >= 15 is 0 Å². The standard InChI is InChI=1S/C20H27NO3S/c1-3-4-14-24-19-11-12-20(18-10-6-5-9-17(18)19)25(22,23)21-13-7-8-16(2)15-21/h5-6,9-12,16H,3-4,7-8,13-15H2,1-2H3/t16-/m0/s1. The van der Waals surface area contributed by atoms with Gasteiger partial charge in [-0.15, -0.1) is 0 Å². The van der Waals surface area contributed by atoms with Gasteiger partial charge >= 0.3 is 0 Å². The van der Waals surface area contributed by atoms with Crippen LogP contribution in [0, 0.1) is 5.92 Å². The Morgan fingerprint density at radius 2 is 1.92 bits per heavy atom. The molecule has 2 aromatic rings. The minimum atomic E-state index is -3.49. The van der Waals surface area contributed by atoms with Crippen LogP contribution in [0.1, 0.15) is 39.5 Å². The number of sulfonamides is 1. The lowest BCUT2D eigenvalue weighted by atomic mass is 10.0. The summed E-state index contributed by atoms with van der Waals surface area (Å²) in [5, 5.41) is 1.61. The number of ether oxygens (including phenoxy) is 1. The highest BCUT2D eigenvalue weighted by Crippen LogP contribution is 2.33. The van der Waals surface area contributed by atoms with E-state index in [1.165, 1.54) is 0 Å². The van der Waals surface area contributed by atoms with E-state index in [0.717, 1.165) is 42.2 Å². The van der Waals surface area contributed by atoms with E-state index in [1.54, 1.807) is 16.4 Å². The number of rotatable bonds is 6. The van der Waals surface area contributed by atoms with Crippen LogP contribution in [0.2, 0.25) is 0 Å². The van der Waals surface area contributed by atoms with Crippen molar-refractivity contribution in [1.82, 2.24) is 4.31 Å². The highest BCUT2D eigenvalue weighted by molar-refractivity contribution is 7.89. The average Bonchev–Trinajstić information content (AvgIpc) is 2.62. The molecule has 1 fully saturated rings. The Kier molecular flexibility index (Phi) is 5.64. The Morgan fingerprint density at radius 3 is 2.64 bits per heavy atom. The van der Waals surface area contributed by atoms with Crippen LogP contribution in [0.15, 0.2) is 41.3 Å². The molecule has 0 N–H and O–H groups in total. The smallest absolute Gasteiger partial charge is 0.243 e. The molecule has 0 radical (unpaired) electrons. The highest BCUT2D eigenvalue weighted by Gasteiger charge is 2.30. The average molecular weight is 362 g/mol. The molecule has 3 rings (SSSR count). The van der Waals surface area contributed by atoms with Crippen LogP contribution in [-0.4, -0.2) is 32.4 Å². The maximum atomic E-state index is 13.2. The van der Waals surface area contributed by atoms with E-state index in [0.29, 0.717) is 30.5 Å². The Hall–Kier alpha value is -1.59. The van der Waals surface area contributed by atoms with Gasteiger partial charge in [0, 0.05) is 23.9 Å². The van der Waals surface area contributed by atoms with E-state index in [-0.39, 0.29) is 0 Å². The summed E-state index contributed by atoms with van der Waals surface area (Å²) in [5.41, 5.74) is 0. The molecule has 2 aromatic carbocycles. The summed E-state index contributed by atoms with van der Waals surface area (Å²) in [5.74, 6) is 1.17. The number of hydrogen-bond donors (Lipinski definition) is 0. The predicted octanol–water partition coefficient (Wildman–Crippen LogP) is 4.44. The number of benzene rings is 2. The molecule has 0 bridgehead atoms. The van der Waals surface area contributed by atoms with Gasteiger partial charge in [0.15, 0.2) is 0 Å². The summed E-state index contributed by atoms with van der Waals surface area (Å²) in [7, 11) is -3.49. The zero-order chi connectivity index (χ0) is 17.9. The van der Waals surface area contributed by atoms with E-state index in [4.69, 9.17) is 4.74 Å². The monoisotopic (exact) mass is 361 g/mol. The molecular weight excluding hydrogens is 334 g/mol. The van der Waals surface area contributed by atoms with E-state index < -0.39 is 10.0 Å². The summed E-state index contributed by atoms with van der Waals surface area (Å²) < 4.78 is 33.9. The van der Waals surface area contributed by atoms with Gasteiger partial charge in [0.25, 0.3) is 0 Å². The van der Waals surface area contributed by atoms with Gasteiger partial charge in [-0.05, 0) is 37.3 Å². The number of piperidine rings is 1. The van der Waals surface area contributed by atoms with Gasteiger partial charge in [0.2, 0.25) is 10.0 Å². The summed E-state index contributed by atoms with van der Waals surface area (Å²) in [6, 6.07) is 11.1. The minimum Gasteiger partial charge on any atom is -0.493 e. The first-order valence-electron chi connectivity index (χ1n) is 9.18. The van der Waals surface area contributed by atoms with Crippen molar-refractivity contribution < 1.29 is 13.2 Å². The lowest BCUT2D eigenvalue weighted by Gasteiger charge is -2.30. The second-order valence-electron chi connectivity index (χ2n) is 6.92. The summed E-state index contributed by atoms with van der Waals surface area (Å²) in [6.07, 6.45) is 4.07. The summed E-state index contributed by atoms with van der Waals surface area (Å²) >= 11 is 0. The summed E-state index contributed by atoms with van der Waals surface area (Å²) in [4.78, 5) is 0.389. The second-order valence-corrected chi connectivity index (χ2v) is 8.83. The lowest BCUT2D eigenvalue weighted by Crippen LogP contribution is -2.39.